The number of amides is 2. The number of fused-ring (bicyclic) bond motifs is 3. The van der Waals surface area contributed by atoms with Crippen molar-refractivity contribution < 1.29 is 23.8 Å². The summed E-state index contributed by atoms with van der Waals surface area (Å²) in [7, 11) is 0. The van der Waals surface area contributed by atoms with Gasteiger partial charge in [0.15, 0.2) is 0 Å². The topological polar surface area (TPSA) is 103 Å². The maximum Gasteiger partial charge on any atom is 0.407 e. The summed E-state index contributed by atoms with van der Waals surface area (Å²) in [6.45, 7) is 4.82. The first-order valence-electron chi connectivity index (χ1n) is 8.73. The van der Waals surface area contributed by atoms with E-state index in [1.165, 1.54) is 12.7 Å². The maximum absolute atomic E-state index is 12.6. The van der Waals surface area contributed by atoms with Crippen molar-refractivity contribution in [3.05, 3.63) is 11.8 Å². The highest BCUT2D eigenvalue weighted by atomic mass is 16.7. The number of carbonyl (C=O) groups excluding carboxylic acids is 2. The Bertz CT molecular complexity index is 549. The van der Waals surface area contributed by atoms with Crippen LogP contribution >= 0.6 is 0 Å². The lowest BCUT2D eigenvalue weighted by atomic mass is 9.71. The number of hydrogen-bond acceptors (Lipinski definition) is 5. The van der Waals surface area contributed by atoms with Gasteiger partial charge in [-0.25, -0.2) is 4.79 Å². The third-order valence-electron chi connectivity index (χ3n) is 5.36. The number of primary amides is 1. The third-order valence-corrected chi connectivity index (χ3v) is 5.36. The molecule has 0 unspecified atom stereocenters. The Morgan fingerprint density at radius 2 is 2.21 bits per heavy atom. The van der Waals surface area contributed by atoms with E-state index in [1.807, 2.05) is 6.92 Å². The predicted molar refractivity (Wildman–Crippen MR) is 85.7 cm³/mol. The number of unbranched alkanes of at least 4 members (excludes halogenated alkanes) is 3. The zero-order chi connectivity index (χ0) is 17.3. The van der Waals surface area contributed by atoms with E-state index in [0.717, 1.165) is 25.7 Å². The molecule has 3 aliphatic rings. The van der Waals surface area contributed by atoms with Crippen molar-refractivity contribution in [2.24, 2.45) is 17.1 Å². The number of nitrogens with two attached hydrogens (primary N) is 1. The molecule has 2 aliphatic heterocycles. The second kappa shape index (κ2) is 6.63. The molecule has 1 aliphatic carbocycles. The SMILES string of the molecule is CCCCCCNC(=O)C1=CO[C@@H](OC(N)=O)[C@@H]2[C@H]3O[C@H]3C[C@]12C. The van der Waals surface area contributed by atoms with Crippen LogP contribution in [0.3, 0.4) is 0 Å². The summed E-state index contributed by atoms with van der Waals surface area (Å²) in [5.74, 6) is -0.321. The molecule has 3 N–H and O–H groups in total. The van der Waals surface area contributed by atoms with Gasteiger partial charge in [0, 0.05) is 12.0 Å². The zero-order valence-electron chi connectivity index (χ0n) is 14.2. The van der Waals surface area contributed by atoms with Crippen LogP contribution in [0.25, 0.3) is 0 Å². The zero-order valence-corrected chi connectivity index (χ0v) is 14.2. The van der Waals surface area contributed by atoms with Crippen LogP contribution in [0.4, 0.5) is 4.79 Å². The van der Waals surface area contributed by atoms with Crippen LogP contribution in [-0.2, 0) is 19.0 Å². The quantitative estimate of drug-likeness (QED) is 0.544. The minimum absolute atomic E-state index is 0.0413. The number of rotatable bonds is 7. The van der Waals surface area contributed by atoms with Crippen molar-refractivity contribution in [2.45, 2.75) is 64.4 Å². The van der Waals surface area contributed by atoms with Gasteiger partial charge in [0.05, 0.1) is 30.0 Å². The molecule has 0 spiro atoms. The highest BCUT2D eigenvalue weighted by Crippen LogP contribution is 2.60. The first-order chi connectivity index (χ1) is 11.5. The molecule has 7 nitrogen and oxygen atoms in total. The number of ether oxygens (including phenoxy) is 3. The molecule has 0 aromatic carbocycles. The summed E-state index contributed by atoms with van der Waals surface area (Å²) in [5, 5.41) is 2.97. The van der Waals surface area contributed by atoms with Gasteiger partial charge >= 0.3 is 6.09 Å². The van der Waals surface area contributed by atoms with Crippen LogP contribution in [0, 0.1) is 11.3 Å². The van der Waals surface area contributed by atoms with Crippen molar-refractivity contribution in [1.29, 1.82) is 0 Å². The lowest BCUT2D eigenvalue weighted by Gasteiger charge is -2.41. The van der Waals surface area contributed by atoms with E-state index in [4.69, 9.17) is 19.9 Å². The first kappa shape index (κ1) is 17.1. The summed E-state index contributed by atoms with van der Waals surface area (Å²) in [6, 6.07) is 0. The molecule has 0 aromatic rings. The highest BCUT2D eigenvalue weighted by Gasteiger charge is 2.68. The summed E-state index contributed by atoms with van der Waals surface area (Å²) in [4.78, 5) is 23.7. The van der Waals surface area contributed by atoms with E-state index in [0.29, 0.717) is 12.1 Å². The van der Waals surface area contributed by atoms with Gasteiger partial charge in [-0.1, -0.05) is 33.1 Å². The summed E-state index contributed by atoms with van der Waals surface area (Å²) < 4.78 is 16.2. The fourth-order valence-electron chi connectivity index (χ4n) is 4.03. The average molecular weight is 338 g/mol. The van der Waals surface area contributed by atoms with Gasteiger partial charge in [0.1, 0.15) is 0 Å². The summed E-state index contributed by atoms with van der Waals surface area (Å²) in [5.41, 5.74) is 5.30. The van der Waals surface area contributed by atoms with E-state index >= 15 is 0 Å². The fourth-order valence-corrected chi connectivity index (χ4v) is 4.03. The molecule has 0 bridgehead atoms. The van der Waals surface area contributed by atoms with Gasteiger partial charge in [-0.05, 0) is 12.8 Å². The van der Waals surface area contributed by atoms with E-state index in [-0.39, 0.29) is 24.0 Å². The van der Waals surface area contributed by atoms with Gasteiger partial charge in [-0.15, -0.1) is 0 Å². The molecule has 0 radical (unpaired) electrons. The molecule has 5 atom stereocenters. The number of nitrogens with one attached hydrogen (secondary N) is 1. The molecule has 1 saturated carbocycles. The Labute approximate surface area is 141 Å². The first-order valence-corrected chi connectivity index (χ1v) is 8.73. The van der Waals surface area contributed by atoms with Crippen molar-refractivity contribution in [1.82, 2.24) is 5.32 Å². The normalized spacial score (nSPS) is 36.0. The Morgan fingerprint density at radius 1 is 1.42 bits per heavy atom. The molecule has 2 amide bonds. The van der Waals surface area contributed by atoms with Crippen LogP contribution in [-0.4, -0.2) is 37.0 Å². The van der Waals surface area contributed by atoms with Gasteiger partial charge in [0.2, 0.25) is 0 Å². The smallest absolute Gasteiger partial charge is 0.407 e. The van der Waals surface area contributed by atoms with Crippen LogP contribution < -0.4 is 11.1 Å². The lowest BCUT2D eigenvalue weighted by molar-refractivity contribution is -0.148. The molecular formula is C17H26N2O5. The van der Waals surface area contributed by atoms with Crippen LogP contribution in [0.5, 0.6) is 0 Å². The molecule has 2 fully saturated rings. The predicted octanol–water partition coefficient (Wildman–Crippen LogP) is 1.81. The van der Waals surface area contributed by atoms with E-state index < -0.39 is 17.8 Å². The molecule has 134 valence electrons. The number of hydrogen-bond donors (Lipinski definition) is 2. The molecule has 7 heteroatoms. The van der Waals surface area contributed by atoms with E-state index in [2.05, 4.69) is 12.2 Å². The molecular weight excluding hydrogens is 312 g/mol. The Morgan fingerprint density at radius 3 is 2.92 bits per heavy atom. The fraction of sp³-hybridized carbons (Fsp3) is 0.765. The second-order valence-electron chi connectivity index (χ2n) is 7.08. The van der Waals surface area contributed by atoms with Crippen LogP contribution in [0.2, 0.25) is 0 Å². The standard InChI is InChI=1S/C17H26N2O5/c1-3-4-5-6-7-19-14(20)10-9-22-15(24-16(18)21)12-13-11(23-13)8-17(10,12)2/h9,11-13,15H,3-8H2,1-2H3,(H2,18,21)(H,19,20)/t11-,12-,13-,15-,17+/m0/s1. The summed E-state index contributed by atoms with van der Waals surface area (Å²) >= 11 is 0. The summed E-state index contributed by atoms with van der Waals surface area (Å²) in [6.07, 6.45) is 4.94. The number of epoxide rings is 1. The van der Waals surface area contributed by atoms with Crippen LogP contribution in [0.1, 0.15) is 46.0 Å². The van der Waals surface area contributed by atoms with E-state index in [1.54, 1.807) is 0 Å². The van der Waals surface area contributed by atoms with E-state index in [9.17, 15) is 9.59 Å². The molecule has 2 heterocycles. The molecule has 0 aromatic heterocycles. The van der Waals surface area contributed by atoms with Gasteiger partial charge in [-0.2, -0.15) is 0 Å². The van der Waals surface area contributed by atoms with Crippen LogP contribution in [0.15, 0.2) is 11.8 Å². The number of carbonyl (C=O) groups is 2. The van der Waals surface area contributed by atoms with Crippen molar-refractivity contribution in [3.63, 3.8) is 0 Å². The Balaban J connectivity index is 1.66. The van der Waals surface area contributed by atoms with Crippen molar-refractivity contribution in [3.8, 4) is 0 Å². The van der Waals surface area contributed by atoms with Gasteiger partial charge in [0.25, 0.3) is 12.2 Å². The monoisotopic (exact) mass is 338 g/mol. The lowest BCUT2D eigenvalue weighted by Crippen LogP contribution is -2.48. The largest absolute Gasteiger partial charge is 0.461 e. The Kier molecular flexibility index (Phi) is 4.71. The maximum atomic E-state index is 12.6. The third kappa shape index (κ3) is 3.09. The molecule has 3 rings (SSSR count). The average Bonchev–Trinajstić information content (AvgIpc) is 3.17. The molecule has 1 saturated heterocycles. The van der Waals surface area contributed by atoms with Crippen molar-refractivity contribution in [2.75, 3.05) is 6.54 Å². The highest BCUT2D eigenvalue weighted by molar-refractivity contribution is 5.95. The van der Waals surface area contributed by atoms with Crippen molar-refractivity contribution >= 4 is 12.0 Å². The second-order valence-corrected chi connectivity index (χ2v) is 7.08. The minimum atomic E-state index is -0.885. The minimum Gasteiger partial charge on any atom is -0.461 e. The van der Waals surface area contributed by atoms with Gasteiger partial charge in [-0.3, -0.25) is 4.79 Å². The van der Waals surface area contributed by atoms with Gasteiger partial charge < -0.3 is 25.3 Å². The molecule has 24 heavy (non-hydrogen) atoms. The Hall–Kier alpha value is -1.76.